The first-order chi connectivity index (χ1) is 24.7. The number of hydrogen-bond acceptors (Lipinski definition) is 7. The second kappa shape index (κ2) is 12.7. The number of carboxylic acids is 1. The van der Waals surface area contributed by atoms with Crippen LogP contribution in [0, 0.1) is 56.7 Å². The van der Waals surface area contributed by atoms with Gasteiger partial charge in [0, 0.05) is 34.8 Å². The molecule has 9 nitrogen and oxygen atoms in total. The van der Waals surface area contributed by atoms with Crippen molar-refractivity contribution in [2.45, 2.75) is 118 Å². The van der Waals surface area contributed by atoms with Crippen LogP contribution in [0.3, 0.4) is 0 Å². The molecule has 2 aliphatic heterocycles. The lowest BCUT2D eigenvalue weighted by molar-refractivity contribution is -0.251. The van der Waals surface area contributed by atoms with Crippen molar-refractivity contribution in [3.8, 4) is 11.4 Å². The van der Waals surface area contributed by atoms with E-state index in [0.29, 0.717) is 49.5 Å². The normalized spacial score (nSPS) is 43.7. The Morgan fingerprint density at radius 2 is 1.83 bits per heavy atom. The second-order valence-electron chi connectivity index (χ2n) is 19.4. The molecule has 6 aliphatic rings. The molecule has 2 aromatic heterocycles. The summed E-state index contributed by atoms with van der Waals surface area (Å²) >= 11 is 0. The number of fused-ring (bicyclic) bond motifs is 3. The summed E-state index contributed by atoms with van der Waals surface area (Å²) in [6.07, 6.45) is 16.1. The first-order valence-electron chi connectivity index (χ1n) is 20.3. The Bertz CT molecular complexity index is 1690. The third kappa shape index (κ3) is 5.03. The van der Waals surface area contributed by atoms with Gasteiger partial charge < -0.3 is 19.5 Å². The van der Waals surface area contributed by atoms with Gasteiger partial charge in [0.15, 0.2) is 5.82 Å². The Kier molecular flexibility index (Phi) is 8.90. The lowest BCUT2D eigenvalue weighted by Gasteiger charge is -2.71. The number of pyridine rings is 1. The third-order valence-corrected chi connectivity index (χ3v) is 17.1. The van der Waals surface area contributed by atoms with Gasteiger partial charge in [-0.15, -0.1) is 0 Å². The molecule has 2 bridgehead atoms. The van der Waals surface area contributed by atoms with E-state index in [0.717, 1.165) is 62.9 Å². The monoisotopic (exact) mass is 713 g/mol. The quantitative estimate of drug-likeness (QED) is 0.275. The van der Waals surface area contributed by atoms with Gasteiger partial charge in [-0.3, -0.25) is 9.78 Å². The Morgan fingerprint density at radius 1 is 1.06 bits per heavy atom. The fraction of sp³-hybridized carbons (Fsp3) is 0.767. The van der Waals surface area contributed by atoms with E-state index in [9.17, 15) is 9.90 Å². The summed E-state index contributed by atoms with van der Waals surface area (Å²) in [5, 5.41) is 16.1. The molecule has 2 saturated heterocycles. The fourth-order valence-corrected chi connectivity index (χ4v) is 13.7. The molecule has 0 unspecified atom stereocenters. The summed E-state index contributed by atoms with van der Waals surface area (Å²) in [6.45, 7) is 19.6. The topological polar surface area (TPSA) is 103 Å². The number of carbonyl (C=O) groups is 1. The largest absolute Gasteiger partial charge is 0.481 e. The predicted molar refractivity (Wildman–Crippen MR) is 201 cm³/mol. The molecule has 3 saturated carbocycles. The van der Waals surface area contributed by atoms with Gasteiger partial charge in [0.1, 0.15) is 6.33 Å². The van der Waals surface area contributed by atoms with Crippen LogP contribution in [0.25, 0.3) is 11.4 Å². The van der Waals surface area contributed by atoms with Gasteiger partial charge in [-0.1, -0.05) is 60.1 Å². The number of aromatic nitrogens is 4. The molecular weight excluding hydrogens is 651 g/mol. The zero-order valence-corrected chi connectivity index (χ0v) is 33.0. The average molecular weight is 714 g/mol. The van der Waals surface area contributed by atoms with Crippen molar-refractivity contribution in [1.29, 1.82) is 0 Å². The number of likely N-dealkylation sites (N-methyl/N-ethyl adjacent to an activating group) is 1. The van der Waals surface area contributed by atoms with Crippen molar-refractivity contribution < 1.29 is 19.4 Å². The number of ether oxygens (including phenoxy) is 2. The number of rotatable bonds is 8. The molecule has 284 valence electrons. The van der Waals surface area contributed by atoms with Crippen molar-refractivity contribution in [3.63, 3.8) is 0 Å². The van der Waals surface area contributed by atoms with Gasteiger partial charge in [0.2, 0.25) is 0 Å². The molecule has 9 heteroatoms. The molecule has 0 aromatic carbocycles. The van der Waals surface area contributed by atoms with E-state index in [4.69, 9.17) is 19.6 Å². The average Bonchev–Trinajstić information content (AvgIpc) is 3.77. The Hall–Kier alpha value is -2.62. The number of hydrogen-bond donors (Lipinski definition) is 1. The van der Waals surface area contributed by atoms with Gasteiger partial charge in [-0.2, -0.15) is 5.10 Å². The summed E-state index contributed by atoms with van der Waals surface area (Å²) in [7, 11) is 2.23. The number of nitrogens with zero attached hydrogens (tertiary/aromatic N) is 5. The van der Waals surface area contributed by atoms with E-state index >= 15 is 0 Å². The SMILES string of the molecule is CC(C)[C@@H](C)[C@@]1(C)CC[C@]2(C)[C@H]3CC[C@@H]4[C@@]5(COC[C@]4(C)[C@@H](OC[C@H]4CCCN4C)[C@H](n4ncnc4-c4ccncc4)C5)C3=CC[C@@]2(C)[C@@H]1C(=O)O. The molecule has 4 heterocycles. The lowest BCUT2D eigenvalue weighted by atomic mass is 9.34. The van der Waals surface area contributed by atoms with Gasteiger partial charge >= 0.3 is 5.97 Å². The highest BCUT2D eigenvalue weighted by Crippen LogP contribution is 2.75. The minimum atomic E-state index is -0.610. The van der Waals surface area contributed by atoms with E-state index in [2.05, 4.69) is 76.2 Å². The van der Waals surface area contributed by atoms with Crippen LogP contribution in [0.4, 0.5) is 0 Å². The Balaban J connectivity index is 1.23. The molecule has 4 aliphatic carbocycles. The van der Waals surface area contributed by atoms with Crippen LogP contribution in [0.5, 0.6) is 0 Å². The zero-order valence-electron chi connectivity index (χ0n) is 33.0. The summed E-state index contributed by atoms with van der Waals surface area (Å²) in [4.78, 5) is 25.1. The molecular formula is C43H63N5O4. The number of carboxylic acid groups (broad SMARTS) is 1. The first kappa shape index (κ1) is 36.4. The summed E-state index contributed by atoms with van der Waals surface area (Å²) in [5.74, 6) is 1.31. The molecule has 2 aromatic rings. The minimum absolute atomic E-state index is 0.0309. The van der Waals surface area contributed by atoms with Gasteiger partial charge in [-0.05, 0) is 117 Å². The van der Waals surface area contributed by atoms with Crippen molar-refractivity contribution in [2.75, 3.05) is 33.4 Å². The fourth-order valence-electron chi connectivity index (χ4n) is 13.7. The summed E-state index contributed by atoms with van der Waals surface area (Å²) < 4.78 is 16.3. The smallest absolute Gasteiger partial charge is 0.307 e. The molecule has 5 fully saturated rings. The molecule has 0 radical (unpaired) electrons. The van der Waals surface area contributed by atoms with Crippen LogP contribution in [-0.4, -0.2) is 81.3 Å². The van der Waals surface area contributed by atoms with Crippen molar-refractivity contribution in [3.05, 3.63) is 42.5 Å². The molecule has 1 N–H and O–H groups in total. The summed E-state index contributed by atoms with van der Waals surface area (Å²) in [6, 6.07) is 4.44. The Labute approximate surface area is 311 Å². The van der Waals surface area contributed by atoms with Gasteiger partial charge in [-0.25, -0.2) is 9.67 Å². The van der Waals surface area contributed by atoms with Crippen LogP contribution < -0.4 is 0 Å². The van der Waals surface area contributed by atoms with E-state index in [1.807, 2.05) is 24.5 Å². The van der Waals surface area contributed by atoms with Crippen LogP contribution >= 0.6 is 0 Å². The number of likely N-dealkylation sites (tertiary alicyclic amines) is 1. The van der Waals surface area contributed by atoms with Gasteiger partial charge in [0.05, 0.1) is 37.9 Å². The minimum Gasteiger partial charge on any atom is -0.481 e. The van der Waals surface area contributed by atoms with Crippen LogP contribution in [0.1, 0.15) is 106 Å². The van der Waals surface area contributed by atoms with E-state index < -0.39 is 11.9 Å². The third-order valence-electron chi connectivity index (χ3n) is 17.1. The second-order valence-corrected chi connectivity index (χ2v) is 19.4. The maximum absolute atomic E-state index is 13.6. The van der Waals surface area contributed by atoms with E-state index in [1.165, 1.54) is 6.42 Å². The first-order valence-corrected chi connectivity index (χ1v) is 20.3. The number of allylic oxidation sites excluding steroid dienone is 1. The zero-order chi connectivity index (χ0) is 36.8. The van der Waals surface area contributed by atoms with Crippen LogP contribution in [-0.2, 0) is 14.3 Å². The predicted octanol–water partition coefficient (Wildman–Crippen LogP) is 7.95. The van der Waals surface area contributed by atoms with Crippen molar-refractivity contribution >= 4 is 5.97 Å². The molecule has 8 rings (SSSR count). The highest BCUT2D eigenvalue weighted by atomic mass is 16.5. The van der Waals surface area contributed by atoms with E-state index in [-0.39, 0.29) is 39.2 Å². The molecule has 0 spiro atoms. The highest BCUT2D eigenvalue weighted by Gasteiger charge is 2.72. The molecule has 52 heavy (non-hydrogen) atoms. The maximum atomic E-state index is 13.6. The number of aliphatic carboxylic acids is 1. The summed E-state index contributed by atoms with van der Waals surface area (Å²) in [5.41, 5.74) is 1.41. The lowest BCUT2D eigenvalue weighted by Crippen LogP contribution is -2.69. The Morgan fingerprint density at radius 3 is 2.52 bits per heavy atom. The maximum Gasteiger partial charge on any atom is 0.307 e. The van der Waals surface area contributed by atoms with Crippen LogP contribution in [0.15, 0.2) is 42.5 Å². The standard InChI is InChI=1S/C43H63N5O4/c1-27(2)28(3)39(4)17-18-41(6)31-11-12-34-40(5)24-51-25-43(34,32(31)13-16-42(41,7)35(39)38(49)50)22-33(36(40)52-23-30-10-9-21-47(30)8)48-37(45-26-46-48)29-14-19-44-20-15-29/h13-15,19-20,26-28,30-31,33-36H,9-12,16-18,21-25H2,1-8H3,(H,49,50)/t28-,30-,31+,33-,34+,35-,36+,39-,40+,41-,42+,43+/m1/s1. The van der Waals surface area contributed by atoms with Crippen molar-refractivity contribution in [1.82, 2.24) is 24.6 Å². The molecule has 12 atom stereocenters. The highest BCUT2D eigenvalue weighted by molar-refractivity contribution is 5.73. The van der Waals surface area contributed by atoms with Gasteiger partial charge in [0.25, 0.3) is 0 Å². The van der Waals surface area contributed by atoms with Crippen molar-refractivity contribution in [2.24, 2.45) is 56.7 Å². The van der Waals surface area contributed by atoms with E-state index in [1.54, 1.807) is 11.9 Å². The van der Waals surface area contributed by atoms with Crippen LogP contribution in [0.2, 0.25) is 0 Å². The molecule has 0 amide bonds.